The smallest absolute Gasteiger partial charge is 0.149 e. The molecular weight excluding hydrogens is 270 g/mol. The largest absolute Gasteiger partial charge is 0.375 e. The second kappa shape index (κ2) is 4.65. The van der Waals surface area contributed by atoms with Crippen LogP contribution < -0.4 is 5.32 Å². The van der Waals surface area contributed by atoms with Crippen LogP contribution in [-0.4, -0.2) is 4.98 Å². The third-order valence-corrected chi connectivity index (χ3v) is 4.43. The first-order chi connectivity index (χ1) is 10.2. The Kier molecular flexibility index (Phi) is 2.77. The van der Waals surface area contributed by atoms with E-state index in [9.17, 15) is 8.78 Å². The molecule has 1 N–H and O–H groups in total. The lowest BCUT2D eigenvalue weighted by Crippen LogP contribution is -2.30. The normalized spacial score (nSPS) is 26.1. The molecule has 0 radical (unpaired) electrons. The van der Waals surface area contributed by atoms with Gasteiger partial charge in [0.25, 0.3) is 0 Å². The summed E-state index contributed by atoms with van der Waals surface area (Å²) in [5.41, 5.74) is 2.16. The molecule has 1 aromatic heterocycles. The summed E-state index contributed by atoms with van der Waals surface area (Å²) in [6, 6.07) is 6.24. The van der Waals surface area contributed by atoms with Gasteiger partial charge in [-0.15, -0.1) is 0 Å². The minimum atomic E-state index is -0.530. The van der Waals surface area contributed by atoms with E-state index in [0.29, 0.717) is 11.3 Å². The van der Waals surface area contributed by atoms with Gasteiger partial charge in [-0.3, -0.25) is 4.98 Å². The fraction of sp³-hybridized carbons (Fsp3) is 0.235. The molecule has 2 aromatic rings. The molecule has 4 rings (SSSR count). The van der Waals surface area contributed by atoms with E-state index in [4.69, 9.17) is 0 Å². The Morgan fingerprint density at radius 1 is 1.24 bits per heavy atom. The monoisotopic (exact) mass is 284 g/mol. The Labute approximate surface area is 121 Å². The number of pyridine rings is 1. The third-order valence-electron chi connectivity index (χ3n) is 4.43. The lowest BCUT2D eigenvalue weighted by molar-refractivity contribution is 0.417. The van der Waals surface area contributed by atoms with Crippen LogP contribution in [0.2, 0.25) is 0 Å². The van der Waals surface area contributed by atoms with Crippen LogP contribution >= 0.6 is 0 Å². The molecule has 2 aliphatic rings. The molecule has 1 aliphatic carbocycles. The molecule has 3 atom stereocenters. The van der Waals surface area contributed by atoms with Crippen molar-refractivity contribution in [3.8, 4) is 0 Å². The Morgan fingerprint density at radius 3 is 2.95 bits per heavy atom. The van der Waals surface area contributed by atoms with Gasteiger partial charge in [0.05, 0.1) is 11.7 Å². The Balaban J connectivity index is 1.84. The highest BCUT2D eigenvalue weighted by atomic mass is 19.1. The fourth-order valence-electron chi connectivity index (χ4n) is 3.51. The quantitative estimate of drug-likeness (QED) is 0.794. The van der Waals surface area contributed by atoms with Crippen molar-refractivity contribution in [2.45, 2.75) is 18.4 Å². The van der Waals surface area contributed by atoms with Crippen molar-refractivity contribution in [2.75, 3.05) is 5.32 Å². The highest BCUT2D eigenvalue weighted by Crippen LogP contribution is 2.50. The van der Waals surface area contributed by atoms with Crippen molar-refractivity contribution >= 4 is 5.69 Å². The molecule has 0 bridgehead atoms. The fourth-order valence-corrected chi connectivity index (χ4v) is 3.51. The van der Waals surface area contributed by atoms with E-state index in [1.54, 1.807) is 12.4 Å². The van der Waals surface area contributed by atoms with Crippen molar-refractivity contribution in [3.05, 3.63) is 71.6 Å². The van der Waals surface area contributed by atoms with E-state index >= 15 is 0 Å². The minimum Gasteiger partial charge on any atom is -0.375 e. The summed E-state index contributed by atoms with van der Waals surface area (Å²) < 4.78 is 27.7. The van der Waals surface area contributed by atoms with E-state index in [2.05, 4.69) is 22.5 Å². The van der Waals surface area contributed by atoms with E-state index in [1.807, 2.05) is 12.1 Å². The zero-order valence-corrected chi connectivity index (χ0v) is 11.3. The van der Waals surface area contributed by atoms with Crippen LogP contribution in [0.4, 0.5) is 14.5 Å². The van der Waals surface area contributed by atoms with Crippen molar-refractivity contribution in [3.63, 3.8) is 0 Å². The van der Waals surface area contributed by atoms with Gasteiger partial charge in [0, 0.05) is 24.4 Å². The summed E-state index contributed by atoms with van der Waals surface area (Å²) in [5.74, 6) is -0.732. The average Bonchev–Trinajstić information content (AvgIpc) is 2.97. The molecule has 21 heavy (non-hydrogen) atoms. The SMILES string of the molecule is Fc1cc(F)c2c(c1)[C@H]1C=CC[C@H]1[C@H](c1cccnc1)N2. The number of nitrogens with zero attached hydrogens (tertiary/aromatic N) is 1. The van der Waals surface area contributed by atoms with Gasteiger partial charge in [0.15, 0.2) is 0 Å². The maximum atomic E-state index is 14.1. The number of hydrogen-bond donors (Lipinski definition) is 1. The van der Waals surface area contributed by atoms with Gasteiger partial charge < -0.3 is 5.32 Å². The number of fused-ring (bicyclic) bond motifs is 3. The van der Waals surface area contributed by atoms with Crippen LogP contribution in [0, 0.1) is 17.6 Å². The Hall–Kier alpha value is -2.23. The summed E-state index contributed by atoms with van der Waals surface area (Å²) in [5, 5.41) is 3.26. The molecule has 0 unspecified atom stereocenters. The van der Waals surface area contributed by atoms with E-state index in [0.717, 1.165) is 18.1 Å². The Bertz CT molecular complexity index is 712. The van der Waals surface area contributed by atoms with Gasteiger partial charge in [0.2, 0.25) is 0 Å². The summed E-state index contributed by atoms with van der Waals surface area (Å²) in [4.78, 5) is 4.15. The highest BCUT2D eigenvalue weighted by molar-refractivity contribution is 5.60. The summed E-state index contributed by atoms with van der Waals surface area (Å²) >= 11 is 0. The van der Waals surface area contributed by atoms with Crippen LogP contribution in [0.5, 0.6) is 0 Å². The van der Waals surface area contributed by atoms with Gasteiger partial charge in [-0.05, 0) is 35.6 Å². The maximum absolute atomic E-state index is 14.1. The molecule has 1 aliphatic heterocycles. The van der Waals surface area contributed by atoms with Crippen molar-refractivity contribution in [2.24, 2.45) is 5.92 Å². The first-order valence-electron chi connectivity index (χ1n) is 7.06. The number of benzene rings is 1. The average molecular weight is 284 g/mol. The van der Waals surface area contributed by atoms with E-state index < -0.39 is 11.6 Å². The van der Waals surface area contributed by atoms with E-state index in [-0.39, 0.29) is 17.9 Å². The van der Waals surface area contributed by atoms with Crippen LogP contribution in [0.15, 0.2) is 48.8 Å². The van der Waals surface area contributed by atoms with Gasteiger partial charge in [0.1, 0.15) is 11.6 Å². The predicted octanol–water partition coefficient (Wildman–Crippen LogP) is 4.19. The number of anilines is 1. The molecule has 0 fully saturated rings. The minimum absolute atomic E-state index is 0.00818. The molecule has 0 saturated heterocycles. The standard InChI is InChI=1S/C17H14F2N2/c18-11-7-14-12-4-1-5-13(12)16(10-3-2-6-20-9-10)21-17(14)15(19)8-11/h1-4,6-9,12-13,16,21H,5H2/t12-,13+,16-/m0/s1. The van der Waals surface area contributed by atoms with Crippen molar-refractivity contribution in [1.29, 1.82) is 0 Å². The number of halogens is 2. The van der Waals surface area contributed by atoms with Crippen LogP contribution in [-0.2, 0) is 0 Å². The van der Waals surface area contributed by atoms with E-state index in [1.165, 1.54) is 6.07 Å². The zero-order valence-electron chi connectivity index (χ0n) is 11.3. The summed E-state index contributed by atoms with van der Waals surface area (Å²) in [6.07, 6.45) is 8.58. The Morgan fingerprint density at radius 2 is 2.14 bits per heavy atom. The van der Waals surface area contributed by atoms with Crippen molar-refractivity contribution in [1.82, 2.24) is 4.98 Å². The molecule has 0 amide bonds. The maximum Gasteiger partial charge on any atom is 0.149 e. The second-order valence-electron chi connectivity index (χ2n) is 5.61. The highest BCUT2D eigenvalue weighted by Gasteiger charge is 2.39. The molecule has 4 heteroatoms. The number of rotatable bonds is 1. The molecule has 1 aromatic carbocycles. The van der Waals surface area contributed by atoms with Gasteiger partial charge in [-0.25, -0.2) is 8.78 Å². The lowest BCUT2D eigenvalue weighted by atomic mass is 9.77. The molecule has 0 spiro atoms. The molecule has 0 saturated carbocycles. The van der Waals surface area contributed by atoms with Crippen LogP contribution in [0.1, 0.15) is 29.5 Å². The predicted molar refractivity (Wildman–Crippen MR) is 76.9 cm³/mol. The molecule has 2 nitrogen and oxygen atoms in total. The number of hydrogen-bond acceptors (Lipinski definition) is 2. The molecular formula is C17H14F2N2. The number of aromatic nitrogens is 1. The second-order valence-corrected chi connectivity index (χ2v) is 5.61. The first kappa shape index (κ1) is 12.5. The topological polar surface area (TPSA) is 24.9 Å². The lowest BCUT2D eigenvalue weighted by Gasteiger charge is -2.37. The number of allylic oxidation sites excluding steroid dienone is 2. The molecule has 2 heterocycles. The van der Waals surface area contributed by atoms with Crippen LogP contribution in [0.25, 0.3) is 0 Å². The van der Waals surface area contributed by atoms with Gasteiger partial charge in [-0.2, -0.15) is 0 Å². The molecule has 106 valence electrons. The number of nitrogens with one attached hydrogen (secondary N) is 1. The van der Waals surface area contributed by atoms with Crippen molar-refractivity contribution < 1.29 is 8.78 Å². The van der Waals surface area contributed by atoms with Gasteiger partial charge >= 0.3 is 0 Å². The third kappa shape index (κ3) is 1.94. The zero-order chi connectivity index (χ0) is 14.4. The summed E-state index contributed by atoms with van der Waals surface area (Å²) in [7, 11) is 0. The first-order valence-corrected chi connectivity index (χ1v) is 7.06. The van der Waals surface area contributed by atoms with Gasteiger partial charge in [-0.1, -0.05) is 18.2 Å². The van der Waals surface area contributed by atoms with Crippen LogP contribution in [0.3, 0.4) is 0 Å². The summed E-state index contributed by atoms with van der Waals surface area (Å²) in [6.45, 7) is 0.